The maximum atomic E-state index is 12.5. The first-order valence-electron chi connectivity index (χ1n) is 10.2. The van der Waals surface area contributed by atoms with Crippen LogP contribution in [-0.4, -0.2) is 28.4 Å². The fraction of sp³-hybridized carbons (Fsp3) is 0.391. The van der Waals surface area contributed by atoms with Gasteiger partial charge in [-0.25, -0.2) is 4.98 Å². The van der Waals surface area contributed by atoms with Crippen LogP contribution < -0.4 is 10.6 Å². The monoisotopic (exact) mass is 378 g/mol. The first kappa shape index (κ1) is 20.1. The minimum Gasteiger partial charge on any atom is -0.352 e. The molecule has 0 spiro atoms. The summed E-state index contributed by atoms with van der Waals surface area (Å²) in [7, 11) is 0. The molecule has 2 N–H and O–H groups in total. The molecule has 0 radical (unpaired) electrons. The predicted molar refractivity (Wildman–Crippen MR) is 114 cm³/mol. The standard InChI is InChI=1S/C23H30N4O/c1-3-4-9-21-16-26-22-11-10-20(17-27(21)22)23(28)25-13-6-12-24-15-19-8-5-7-18(2)14-19/h5,7-8,10-11,14,16-17,24H,3-4,6,9,12-13,15H2,1-2H3,(H,25,28). The maximum absolute atomic E-state index is 12.5. The molecular weight excluding hydrogens is 348 g/mol. The molecule has 2 heterocycles. The van der Waals surface area contributed by atoms with Gasteiger partial charge in [0, 0.05) is 31.2 Å². The zero-order valence-corrected chi connectivity index (χ0v) is 16.9. The molecule has 0 saturated carbocycles. The van der Waals surface area contributed by atoms with E-state index in [2.05, 4.69) is 53.7 Å². The SMILES string of the molecule is CCCCc1cnc2ccc(C(=O)NCCCNCc3cccc(C)c3)cn12. The third-order valence-corrected chi connectivity index (χ3v) is 4.86. The highest BCUT2D eigenvalue weighted by Crippen LogP contribution is 2.12. The molecule has 3 aromatic rings. The molecule has 5 nitrogen and oxygen atoms in total. The summed E-state index contributed by atoms with van der Waals surface area (Å²) in [5, 5.41) is 6.44. The Morgan fingerprint density at radius 1 is 1.14 bits per heavy atom. The highest BCUT2D eigenvalue weighted by molar-refractivity contribution is 5.94. The number of hydrogen-bond donors (Lipinski definition) is 2. The zero-order valence-electron chi connectivity index (χ0n) is 16.9. The van der Waals surface area contributed by atoms with Gasteiger partial charge in [0.05, 0.1) is 5.56 Å². The van der Waals surface area contributed by atoms with Gasteiger partial charge < -0.3 is 15.0 Å². The van der Waals surface area contributed by atoms with Crippen LogP contribution in [0.3, 0.4) is 0 Å². The molecule has 1 aromatic carbocycles. The molecule has 0 aliphatic heterocycles. The summed E-state index contributed by atoms with van der Waals surface area (Å²) in [6.07, 6.45) is 7.96. The van der Waals surface area contributed by atoms with Gasteiger partial charge in [0.2, 0.25) is 0 Å². The number of rotatable bonds is 10. The van der Waals surface area contributed by atoms with Gasteiger partial charge in [-0.2, -0.15) is 0 Å². The Bertz CT molecular complexity index is 916. The van der Waals surface area contributed by atoms with Gasteiger partial charge in [-0.15, -0.1) is 0 Å². The van der Waals surface area contributed by atoms with Crippen LogP contribution in [0.2, 0.25) is 0 Å². The number of benzene rings is 1. The Kier molecular flexibility index (Phi) is 7.20. The number of hydrogen-bond acceptors (Lipinski definition) is 3. The Labute approximate surface area is 167 Å². The number of unbranched alkanes of at least 4 members (excludes halogenated alkanes) is 1. The summed E-state index contributed by atoms with van der Waals surface area (Å²) in [4.78, 5) is 16.9. The fourth-order valence-electron chi connectivity index (χ4n) is 3.28. The van der Waals surface area contributed by atoms with Crippen molar-refractivity contribution in [3.8, 4) is 0 Å². The Morgan fingerprint density at radius 3 is 2.86 bits per heavy atom. The van der Waals surface area contributed by atoms with Crippen molar-refractivity contribution in [3.63, 3.8) is 0 Å². The largest absolute Gasteiger partial charge is 0.352 e. The number of carbonyl (C=O) groups excluding carboxylic acids is 1. The fourth-order valence-corrected chi connectivity index (χ4v) is 3.28. The molecule has 0 unspecified atom stereocenters. The van der Waals surface area contributed by atoms with E-state index in [0.29, 0.717) is 12.1 Å². The lowest BCUT2D eigenvalue weighted by Gasteiger charge is -2.08. The van der Waals surface area contributed by atoms with E-state index in [4.69, 9.17) is 0 Å². The highest BCUT2D eigenvalue weighted by atomic mass is 16.1. The summed E-state index contributed by atoms with van der Waals surface area (Å²) >= 11 is 0. The third-order valence-electron chi connectivity index (χ3n) is 4.86. The van der Waals surface area contributed by atoms with E-state index in [-0.39, 0.29) is 5.91 Å². The van der Waals surface area contributed by atoms with Crippen LogP contribution in [0, 0.1) is 6.92 Å². The zero-order chi connectivity index (χ0) is 19.8. The molecule has 3 rings (SSSR count). The number of nitrogens with zero attached hydrogens (tertiary/aromatic N) is 2. The van der Waals surface area contributed by atoms with Crippen molar-refractivity contribution in [3.05, 3.63) is 71.2 Å². The van der Waals surface area contributed by atoms with Crippen molar-refractivity contribution in [2.45, 2.75) is 46.1 Å². The van der Waals surface area contributed by atoms with Crippen molar-refractivity contribution in [2.24, 2.45) is 0 Å². The van der Waals surface area contributed by atoms with Crippen LogP contribution in [0.4, 0.5) is 0 Å². The summed E-state index contributed by atoms with van der Waals surface area (Å²) in [6.45, 7) is 6.67. The Hall–Kier alpha value is -2.66. The van der Waals surface area contributed by atoms with Gasteiger partial charge in [0.15, 0.2) is 0 Å². The molecule has 2 aromatic heterocycles. The van der Waals surface area contributed by atoms with E-state index >= 15 is 0 Å². The summed E-state index contributed by atoms with van der Waals surface area (Å²) in [5.41, 5.74) is 5.29. The number of aromatic nitrogens is 2. The van der Waals surface area contributed by atoms with Crippen molar-refractivity contribution in [1.29, 1.82) is 0 Å². The second kappa shape index (κ2) is 10.0. The van der Waals surface area contributed by atoms with Crippen LogP contribution >= 0.6 is 0 Å². The number of pyridine rings is 1. The molecule has 28 heavy (non-hydrogen) atoms. The lowest BCUT2D eigenvalue weighted by atomic mass is 10.1. The van der Waals surface area contributed by atoms with E-state index < -0.39 is 0 Å². The molecule has 0 aliphatic carbocycles. The van der Waals surface area contributed by atoms with E-state index in [0.717, 1.165) is 50.1 Å². The summed E-state index contributed by atoms with van der Waals surface area (Å²) in [5.74, 6) is -0.0317. The topological polar surface area (TPSA) is 58.4 Å². The van der Waals surface area contributed by atoms with Gasteiger partial charge in [0.25, 0.3) is 5.91 Å². The predicted octanol–water partition coefficient (Wildman–Crippen LogP) is 3.90. The lowest BCUT2D eigenvalue weighted by Crippen LogP contribution is -2.27. The van der Waals surface area contributed by atoms with E-state index in [1.807, 2.05) is 28.9 Å². The van der Waals surface area contributed by atoms with Gasteiger partial charge in [0.1, 0.15) is 5.65 Å². The number of carbonyl (C=O) groups is 1. The third kappa shape index (κ3) is 5.42. The average Bonchev–Trinajstić information content (AvgIpc) is 3.11. The van der Waals surface area contributed by atoms with Crippen LogP contribution in [0.1, 0.15) is 53.4 Å². The van der Waals surface area contributed by atoms with Crippen molar-refractivity contribution in [1.82, 2.24) is 20.0 Å². The lowest BCUT2D eigenvalue weighted by molar-refractivity contribution is 0.0953. The first-order chi connectivity index (χ1) is 13.7. The molecule has 148 valence electrons. The van der Waals surface area contributed by atoms with Crippen LogP contribution in [-0.2, 0) is 13.0 Å². The second-order valence-corrected chi connectivity index (χ2v) is 7.27. The molecular formula is C23H30N4O. The molecule has 0 fully saturated rings. The normalized spacial score (nSPS) is 11.1. The minimum atomic E-state index is -0.0317. The van der Waals surface area contributed by atoms with Gasteiger partial charge in [-0.1, -0.05) is 43.2 Å². The number of imidazole rings is 1. The summed E-state index contributed by atoms with van der Waals surface area (Å²) in [6, 6.07) is 12.3. The van der Waals surface area contributed by atoms with Crippen LogP contribution in [0.25, 0.3) is 5.65 Å². The first-order valence-corrected chi connectivity index (χ1v) is 10.2. The quantitative estimate of drug-likeness (QED) is 0.526. The molecule has 0 aliphatic rings. The molecule has 0 atom stereocenters. The van der Waals surface area contributed by atoms with Gasteiger partial charge in [-0.05, 0) is 50.4 Å². The van der Waals surface area contributed by atoms with E-state index in [9.17, 15) is 4.79 Å². The number of nitrogens with one attached hydrogen (secondary N) is 2. The van der Waals surface area contributed by atoms with Crippen molar-refractivity contribution < 1.29 is 4.79 Å². The van der Waals surface area contributed by atoms with E-state index in [1.165, 1.54) is 11.1 Å². The second-order valence-electron chi connectivity index (χ2n) is 7.27. The maximum Gasteiger partial charge on any atom is 0.252 e. The van der Waals surface area contributed by atoms with E-state index in [1.54, 1.807) is 0 Å². The number of amides is 1. The number of fused-ring (bicyclic) bond motifs is 1. The van der Waals surface area contributed by atoms with Crippen LogP contribution in [0.5, 0.6) is 0 Å². The summed E-state index contributed by atoms with van der Waals surface area (Å²) < 4.78 is 2.04. The Balaban J connectivity index is 1.44. The number of aryl methyl sites for hydroxylation is 2. The van der Waals surface area contributed by atoms with Gasteiger partial charge in [-0.3, -0.25) is 4.79 Å². The highest BCUT2D eigenvalue weighted by Gasteiger charge is 2.09. The molecule has 0 saturated heterocycles. The van der Waals surface area contributed by atoms with Crippen LogP contribution in [0.15, 0.2) is 48.8 Å². The average molecular weight is 379 g/mol. The molecule has 5 heteroatoms. The molecule has 1 amide bonds. The molecule has 0 bridgehead atoms. The van der Waals surface area contributed by atoms with Crippen molar-refractivity contribution in [2.75, 3.05) is 13.1 Å². The minimum absolute atomic E-state index is 0.0317. The van der Waals surface area contributed by atoms with Gasteiger partial charge >= 0.3 is 0 Å². The van der Waals surface area contributed by atoms with Crippen molar-refractivity contribution >= 4 is 11.6 Å². The smallest absolute Gasteiger partial charge is 0.252 e. The Morgan fingerprint density at radius 2 is 2.04 bits per heavy atom.